The average Bonchev–Trinajstić information content (AvgIpc) is 2.70. The number of aromatic nitrogens is 2. The number of halogens is 1. The smallest absolute Gasteiger partial charge is 0.161 e. The third-order valence-electron chi connectivity index (χ3n) is 2.56. The number of hydrogen-bond donors (Lipinski definition) is 1. The Bertz CT molecular complexity index is 538. The molecule has 0 aliphatic rings. The van der Waals surface area contributed by atoms with Crippen LogP contribution in [0.2, 0.25) is 0 Å². The van der Waals surface area contributed by atoms with Gasteiger partial charge in [0.25, 0.3) is 0 Å². The molecule has 1 aromatic carbocycles. The molecule has 0 amide bonds. The van der Waals surface area contributed by atoms with E-state index < -0.39 is 0 Å². The first kappa shape index (κ1) is 13.0. The van der Waals surface area contributed by atoms with Gasteiger partial charge in [-0.15, -0.1) is 0 Å². The van der Waals surface area contributed by atoms with Gasteiger partial charge in [0.05, 0.1) is 0 Å². The molecular weight excluding hydrogens is 296 g/mol. The maximum atomic E-state index is 9.61. The van der Waals surface area contributed by atoms with Gasteiger partial charge in [0, 0.05) is 12.2 Å². The summed E-state index contributed by atoms with van der Waals surface area (Å²) < 4.78 is 8.39. The zero-order valence-electron chi connectivity index (χ0n) is 10.3. The molecule has 0 unspecified atom stereocenters. The molecule has 0 aliphatic carbocycles. The van der Waals surface area contributed by atoms with Gasteiger partial charge in [-0.1, -0.05) is 12.1 Å². The van der Waals surface area contributed by atoms with Crippen molar-refractivity contribution in [3.63, 3.8) is 0 Å². The van der Waals surface area contributed by atoms with Crippen molar-refractivity contribution in [3.05, 3.63) is 40.9 Å². The van der Waals surface area contributed by atoms with Crippen LogP contribution >= 0.6 is 15.9 Å². The van der Waals surface area contributed by atoms with E-state index in [9.17, 15) is 5.11 Å². The predicted molar refractivity (Wildman–Crippen MR) is 72.8 cm³/mol. The molecule has 18 heavy (non-hydrogen) atoms. The highest BCUT2D eigenvalue weighted by Crippen LogP contribution is 2.25. The number of para-hydroxylation sites is 2. The molecule has 5 heteroatoms. The van der Waals surface area contributed by atoms with Crippen LogP contribution in [0.3, 0.4) is 0 Å². The van der Waals surface area contributed by atoms with Crippen LogP contribution in [-0.2, 0) is 6.61 Å². The Kier molecular flexibility index (Phi) is 3.91. The Balaban J connectivity index is 2.13. The first-order chi connectivity index (χ1) is 8.58. The summed E-state index contributed by atoms with van der Waals surface area (Å²) in [7, 11) is 0. The van der Waals surface area contributed by atoms with Crippen molar-refractivity contribution in [2.24, 2.45) is 0 Å². The summed E-state index contributed by atoms with van der Waals surface area (Å²) in [5.74, 6) is 1.42. The summed E-state index contributed by atoms with van der Waals surface area (Å²) in [5, 5.41) is 9.61. The SMILES string of the molecule is CC(C)n1cc(Br)nc1COc1ccccc1O. The molecule has 96 valence electrons. The topological polar surface area (TPSA) is 47.3 Å². The molecule has 0 aliphatic heterocycles. The van der Waals surface area contributed by atoms with E-state index >= 15 is 0 Å². The first-order valence-corrected chi connectivity index (χ1v) is 6.51. The Morgan fingerprint density at radius 2 is 2.11 bits per heavy atom. The predicted octanol–water partition coefficient (Wildman–Crippen LogP) is 3.51. The van der Waals surface area contributed by atoms with Crippen LogP contribution in [-0.4, -0.2) is 14.7 Å². The molecule has 0 fully saturated rings. The third-order valence-corrected chi connectivity index (χ3v) is 2.94. The average molecular weight is 311 g/mol. The number of benzene rings is 1. The van der Waals surface area contributed by atoms with Gasteiger partial charge >= 0.3 is 0 Å². The molecule has 1 aromatic heterocycles. The highest BCUT2D eigenvalue weighted by atomic mass is 79.9. The number of hydrogen-bond acceptors (Lipinski definition) is 3. The summed E-state index contributed by atoms with van der Waals surface area (Å²) >= 11 is 3.36. The molecule has 0 bridgehead atoms. The van der Waals surface area contributed by atoms with Crippen LogP contribution in [0, 0.1) is 0 Å². The zero-order valence-corrected chi connectivity index (χ0v) is 11.9. The lowest BCUT2D eigenvalue weighted by Gasteiger charge is -2.12. The van der Waals surface area contributed by atoms with Gasteiger partial charge in [0.2, 0.25) is 0 Å². The van der Waals surface area contributed by atoms with Crippen molar-refractivity contribution in [2.45, 2.75) is 26.5 Å². The minimum Gasteiger partial charge on any atom is -0.504 e. The summed E-state index contributed by atoms with van der Waals surface area (Å²) in [4.78, 5) is 4.35. The van der Waals surface area contributed by atoms with Crippen molar-refractivity contribution in [3.8, 4) is 11.5 Å². The van der Waals surface area contributed by atoms with Crippen LogP contribution in [0.1, 0.15) is 25.7 Å². The second-order valence-corrected chi connectivity index (χ2v) is 5.05. The van der Waals surface area contributed by atoms with Gasteiger partial charge in [-0.05, 0) is 41.9 Å². The minimum absolute atomic E-state index is 0.138. The second kappa shape index (κ2) is 5.44. The van der Waals surface area contributed by atoms with E-state index in [1.54, 1.807) is 18.2 Å². The van der Waals surface area contributed by atoms with Crippen LogP contribution in [0.15, 0.2) is 35.1 Å². The number of nitrogens with zero attached hydrogens (tertiary/aromatic N) is 2. The van der Waals surface area contributed by atoms with E-state index in [1.165, 1.54) is 0 Å². The minimum atomic E-state index is 0.138. The summed E-state index contributed by atoms with van der Waals surface area (Å²) in [6.45, 7) is 4.48. The van der Waals surface area contributed by atoms with E-state index in [-0.39, 0.29) is 5.75 Å². The third kappa shape index (κ3) is 2.85. The number of rotatable bonds is 4. The van der Waals surface area contributed by atoms with Crippen molar-refractivity contribution in [1.82, 2.24) is 9.55 Å². The largest absolute Gasteiger partial charge is 0.504 e. The Hall–Kier alpha value is -1.49. The molecule has 4 nitrogen and oxygen atoms in total. The molecule has 0 spiro atoms. The van der Waals surface area contributed by atoms with Crippen LogP contribution in [0.4, 0.5) is 0 Å². The highest BCUT2D eigenvalue weighted by molar-refractivity contribution is 9.10. The molecule has 0 saturated heterocycles. The Labute approximate surface area is 114 Å². The van der Waals surface area contributed by atoms with Crippen molar-refractivity contribution < 1.29 is 9.84 Å². The lowest BCUT2D eigenvalue weighted by atomic mass is 10.3. The fourth-order valence-electron chi connectivity index (χ4n) is 1.67. The fraction of sp³-hybridized carbons (Fsp3) is 0.308. The number of phenolic OH excluding ortho intramolecular Hbond substituents is 1. The molecule has 0 atom stereocenters. The maximum Gasteiger partial charge on any atom is 0.161 e. The Morgan fingerprint density at radius 1 is 1.39 bits per heavy atom. The first-order valence-electron chi connectivity index (χ1n) is 5.72. The molecule has 2 rings (SSSR count). The lowest BCUT2D eigenvalue weighted by Crippen LogP contribution is -2.08. The van der Waals surface area contributed by atoms with E-state index in [1.807, 2.05) is 16.8 Å². The van der Waals surface area contributed by atoms with Gasteiger partial charge in [-0.25, -0.2) is 4.98 Å². The van der Waals surface area contributed by atoms with Gasteiger partial charge in [0.15, 0.2) is 11.5 Å². The standard InChI is InChI=1S/C13H15BrN2O2/c1-9(2)16-7-12(14)15-13(16)8-18-11-6-4-3-5-10(11)17/h3-7,9,17H,8H2,1-2H3. The van der Waals surface area contributed by atoms with E-state index in [0.29, 0.717) is 18.4 Å². The van der Waals surface area contributed by atoms with E-state index in [2.05, 4.69) is 34.8 Å². The number of imidazole rings is 1. The van der Waals surface area contributed by atoms with Crippen LogP contribution in [0.5, 0.6) is 11.5 Å². The summed E-state index contributed by atoms with van der Waals surface area (Å²) in [6.07, 6.45) is 1.92. The Morgan fingerprint density at radius 3 is 2.78 bits per heavy atom. The normalized spacial score (nSPS) is 10.9. The van der Waals surface area contributed by atoms with Gasteiger partial charge in [0.1, 0.15) is 17.0 Å². The molecule has 0 saturated carbocycles. The fourth-order valence-corrected chi connectivity index (χ4v) is 2.10. The monoisotopic (exact) mass is 310 g/mol. The zero-order chi connectivity index (χ0) is 13.1. The van der Waals surface area contributed by atoms with Gasteiger partial charge < -0.3 is 14.4 Å². The number of aromatic hydroxyl groups is 1. The summed E-state index contributed by atoms with van der Waals surface area (Å²) in [5.41, 5.74) is 0. The van der Waals surface area contributed by atoms with Crippen molar-refractivity contribution >= 4 is 15.9 Å². The maximum absolute atomic E-state index is 9.61. The quantitative estimate of drug-likeness (QED) is 0.940. The van der Waals surface area contributed by atoms with E-state index in [0.717, 1.165) is 10.4 Å². The molecule has 1 heterocycles. The lowest BCUT2D eigenvalue weighted by molar-refractivity contribution is 0.272. The number of phenols is 1. The molecule has 1 N–H and O–H groups in total. The van der Waals surface area contributed by atoms with Crippen molar-refractivity contribution in [1.29, 1.82) is 0 Å². The van der Waals surface area contributed by atoms with E-state index in [4.69, 9.17) is 4.74 Å². The van der Waals surface area contributed by atoms with Crippen LogP contribution in [0.25, 0.3) is 0 Å². The number of ether oxygens (including phenoxy) is 1. The molecule has 2 aromatic rings. The van der Waals surface area contributed by atoms with Gasteiger partial charge in [-0.3, -0.25) is 0 Å². The second-order valence-electron chi connectivity index (χ2n) is 4.24. The van der Waals surface area contributed by atoms with Crippen LogP contribution < -0.4 is 4.74 Å². The molecular formula is C13H15BrN2O2. The van der Waals surface area contributed by atoms with Crippen molar-refractivity contribution in [2.75, 3.05) is 0 Å². The van der Waals surface area contributed by atoms with Gasteiger partial charge in [-0.2, -0.15) is 0 Å². The summed E-state index contributed by atoms with van der Waals surface area (Å²) in [6, 6.07) is 7.22. The highest BCUT2D eigenvalue weighted by Gasteiger charge is 2.10. The molecule has 0 radical (unpaired) electrons.